The number of β-amino-alcohol motifs (C(OH)–C–C–N with tert-alkyl or cyclic N) is 1. The zero-order valence-electron chi connectivity index (χ0n) is 41.7. The average Bonchev–Trinajstić information content (AvgIpc) is 3.58. The maximum Gasteiger partial charge on any atom is 0.252 e. The summed E-state index contributed by atoms with van der Waals surface area (Å²) < 4.78 is 65.0. The van der Waals surface area contributed by atoms with Crippen molar-refractivity contribution in [2.24, 2.45) is 5.41 Å². The molecule has 13 nitrogen and oxygen atoms in total. The molecule has 3 aromatic carbocycles. The molecule has 0 spiro atoms. The van der Waals surface area contributed by atoms with E-state index in [1.807, 2.05) is 88.0 Å². The van der Waals surface area contributed by atoms with E-state index in [0.29, 0.717) is 51.0 Å². The van der Waals surface area contributed by atoms with Gasteiger partial charge in [0.2, 0.25) is 11.8 Å². The van der Waals surface area contributed by atoms with Crippen LogP contribution in [0.1, 0.15) is 108 Å². The van der Waals surface area contributed by atoms with Gasteiger partial charge in [-0.3, -0.25) is 19.3 Å². The Hall–Kier alpha value is -5.33. The number of para-hydroxylation sites is 1. The highest BCUT2D eigenvalue weighted by molar-refractivity contribution is 7.13. The quantitative estimate of drug-likeness (QED) is 0.0562. The number of H-pyrrole nitrogens is 1. The Bertz CT molecular complexity index is 2670. The molecule has 4 N–H and O–H groups in total. The number of likely N-dealkylation sites (tertiary alicyclic amines) is 1. The Morgan fingerprint density at radius 2 is 1.68 bits per heavy atom. The van der Waals surface area contributed by atoms with Gasteiger partial charge in [0, 0.05) is 86.0 Å². The van der Waals surface area contributed by atoms with Crippen molar-refractivity contribution in [1.82, 2.24) is 30.4 Å². The summed E-state index contributed by atoms with van der Waals surface area (Å²) in [6.07, 6.45) is 1.70. The molecule has 382 valence electrons. The van der Waals surface area contributed by atoms with Crippen LogP contribution in [0.5, 0.6) is 5.75 Å². The zero-order valence-corrected chi connectivity index (χ0v) is 42.5. The van der Waals surface area contributed by atoms with E-state index < -0.39 is 64.4 Å². The first-order chi connectivity index (χ1) is 33.7. The largest absolute Gasteiger partial charge is 0.493 e. The molecule has 5 atom stereocenters. The molecule has 0 radical (unpaired) electrons. The van der Waals surface area contributed by atoms with E-state index in [0.717, 1.165) is 38.2 Å². The van der Waals surface area contributed by atoms with Gasteiger partial charge in [-0.15, -0.1) is 11.3 Å². The molecule has 2 fully saturated rings. The molecule has 1 unspecified atom stereocenters. The topological polar surface area (TPSA) is 158 Å². The van der Waals surface area contributed by atoms with Crippen LogP contribution in [0.3, 0.4) is 0 Å². The molecule has 2 aromatic heterocycles. The number of amides is 3. The molecule has 2 aliphatic heterocycles. The van der Waals surface area contributed by atoms with Crippen LogP contribution in [0.4, 0.5) is 13.2 Å². The van der Waals surface area contributed by atoms with Crippen molar-refractivity contribution in [1.29, 1.82) is 0 Å². The molecule has 5 aromatic rings. The number of nitrogens with zero attached hydrogens (tertiary/aromatic N) is 3. The third-order valence-corrected chi connectivity index (χ3v) is 14.7. The highest BCUT2D eigenvalue weighted by Gasteiger charge is 2.54. The number of alkyl halides is 1. The number of aryl methyl sites for hydroxylation is 1. The molecule has 0 bridgehead atoms. The molecular weight excluding hydrogens is 934 g/mol. The number of hydrogen-bond acceptors (Lipinski definition) is 10. The number of ether oxygens (including phenoxy) is 3. The molecule has 4 heterocycles. The number of carbonyl (C=O) groups excluding carboxylic acids is 3. The van der Waals surface area contributed by atoms with E-state index >= 15 is 13.2 Å². The SMILES string of the molecule is Cc1ncsc1-c1ccc(CNC(=O)[C@@H]2C[C@@H](O)CN2C(=O)C(NC(=O)C2(OCCCOCCCOc3cc(F)c([C@@H]4c5[nH]c6ccccc6c5C[C@@H](C)N4CC(C)(C)F)c(F)c3)CC2)C(C)(C)C)cc1. The highest BCUT2D eigenvalue weighted by Crippen LogP contribution is 2.44. The van der Waals surface area contributed by atoms with Crippen molar-refractivity contribution >= 4 is 40.0 Å². The van der Waals surface area contributed by atoms with E-state index in [4.69, 9.17) is 14.2 Å². The Labute approximate surface area is 417 Å². The molecule has 1 saturated carbocycles. The number of nitrogens with one attached hydrogen (secondary N) is 3. The van der Waals surface area contributed by atoms with Crippen LogP contribution < -0.4 is 15.4 Å². The minimum absolute atomic E-state index is 0.0171. The molecule has 17 heteroatoms. The fourth-order valence-electron chi connectivity index (χ4n) is 9.88. The predicted octanol–water partition coefficient (Wildman–Crippen LogP) is 8.50. The fraction of sp³-hybridized carbons (Fsp3) is 0.519. The fourth-order valence-corrected chi connectivity index (χ4v) is 10.7. The lowest BCUT2D eigenvalue weighted by Crippen LogP contribution is -2.59. The van der Waals surface area contributed by atoms with Crippen LogP contribution in [0, 0.1) is 24.0 Å². The van der Waals surface area contributed by atoms with E-state index in [2.05, 4.69) is 20.6 Å². The van der Waals surface area contributed by atoms with Crippen LogP contribution >= 0.6 is 11.3 Å². The average molecular weight is 1000 g/mol. The van der Waals surface area contributed by atoms with Gasteiger partial charge in [0.1, 0.15) is 40.7 Å². The van der Waals surface area contributed by atoms with Crippen molar-refractivity contribution in [3.8, 4) is 16.2 Å². The summed E-state index contributed by atoms with van der Waals surface area (Å²) in [4.78, 5) is 53.5. The van der Waals surface area contributed by atoms with Crippen LogP contribution in [-0.2, 0) is 36.8 Å². The number of aromatic nitrogens is 2. The first-order valence-corrected chi connectivity index (χ1v) is 25.5. The van der Waals surface area contributed by atoms with Crippen molar-refractivity contribution in [3.63, 3.8) is 0 Å². The Balaban J connectivity index is 0.781. The lowest BCUT2D eigenvalue weighted by molar-refractivity contribution is -0.147. The molecule has 1 aliphatic carbocycles. The van der Waals surface area contributed by atoms with Gasteiger partial charge in [-0.05, 0) is 81.5 Å². The maximum absolute atomic E-state index is 16.1. The summed E-state index contributed by atoms with van der Waals surface area (Å²) in [7, 11) is 0. The number of aliphatic hydroxyl groups excluding tert-OH is 1. The maximum atomic E-state index is 16.1. The number of rotatable bonds is 20. The molecule has 71 heavy (non-hydrogen) atoms. The smallest absolute Gasteiger partial charge is 0.252 e. The summed E-state index contributed by atoms with van der Waals surface area (Å²) in [6.45, 7) is 13.6. The minimum Gasteiger partial charge on any atom is -0.493 e. The van der Waals surface area contributed by atoms with E-state index in [1.165, 1.54) is 30.9 Å². The van der Waals surface area contributed by atoms with Crippen LogP contribution in [-0.4, -0.2) is 118 Å². The van der Waals surface area contributed by atoms with Crippen molar-refractivity contribution in [2.45, 2.75) is 135 Å². The second kappa shape index (κ2) is 21.4. The predicted molar refractivity (Wildman–Crippen MR) is 267 cm³/mol. The van der Waals surface area contributed by atoms with Gasteiger partial charge in [-0.2, -0.15) is 0 Å². The third kappa shape index (κ3) is 12.0. The van der Waals surface area contributed by atoms with Gasteiger partial charge < -0.3 is 39.8 Å². The third-order valence-electron chi connectivity index (χ3n) is 13.7. The number of hydrogen-bond donors (Lipinski definition) is 4. The van der Waals surface area contributed by atoms with Gasteiger partial charge in [0.15, 0.2) is 0 Å². The lowest BCUT2D eigenvalue weighted by Gasteiger charge is -2.43. The van der Waals surface area contributed by atoms with Gasteiger partial charge in [0.05, 0.1) is 41.4 Å². The standard InChI is InChI=1S/C54H67F3N6O7S/c1-32-24-39-38-12-8-9-13-42(38)60-45(39)46(63(32)30-53(6,7)57)44-40(55)26-37(27-41(44)56)69-22-10-20-68-21-11-23-70-54(18-19-54)51(67)61-48(52(3,4)5)50(66)62-29-36(64)25-43(62)49(65)58-28-34-14-16-35(17-15-34)47-33(2)59-31-71-47/h8-9,12-17,26-27,31-32,36,43,46,48,60,64H,10-11,18-25,28-30H2,1-7H3,(H,58,65)(H,61,67)/t32-,36-,43+,46-,48?/m1/s1. The summed E-state index contributed by atoms with van der Waals surface area (Å²) in [5.41, 5.74) is 3.60. The van der Waals surface area contributed by atoms with Gasteiger partial charge in [0.25, 0.3) is 5.91 Å². The monoisotopic (exact) mass is 1000 g/mol. The number of benzene rings is 3. The summed E-state index contributed by atoms with van der Waals surface area (Å²) in [5, 5.41) is 17.5. The Morgan fingerprint density at radius 1 is 0.986 bits per heavy atom. The van der Waals surface area contributed by atoms with E-state index in [-0.39, 0.29) is 62.5 Å². The number of fused-ring (bicyclic) bond motifs is 3. The first-order valence-electron chi connectivity index (χ1n) is 24.7. The summed E-state index contributed by atoms with van der Waals surface area (Å²) in [5.74, 6) is -2.75. The van der Waals surface area contributed by atoms with Crippen LogP contribution in [0.2, 0.25) is 0 Å². The van der Waals surface area contributed by atoms with Gasteiger partial charge >= 0.3 is 0 Å². The normalized spacial score (nSPS) is 20.5. The van der Waals surface area contributed by atoms with Crippen LogP contribution in [0.25, 0.3) is 21.3 Å². The lowest BCUT2D eigenvalue weighted by atomic mass is 9.85. The van der Waals surface area contributed by atoms with Crippen molar-refractivity contribution in [3.05, 3.63) is 106 Å². The van der Waals surface area contributed by atoms with Crippen molar-refractivity contribution in [2.75, 3.05) is 39.5 Å². The van der Waals surface area contributed by atoms with Crippen molar-refractivity contribution < 1.29 is 46.9 Å². The summed E-state index contributed by atoms with van der Waals surface area (Å²) >= 11 is 1.57. The Morgan fingerprint density at radius 3 is 2.32 bits per heavy atom. The van der Waals surface area contributed by atoms with Gasteiger partial charge in [-0.25, -0.2) is 18.2 Å². The zero-order chi connectivity index (χ0) is 50.8. The highest BCUT2D eigenvalue weighted by atomic mass is 32.1. The van der Waals surface area contributed by atoms with Crippen LogP contribution in [0.15, 0.2) is 66.2 Å². The van der Waals surface area contributed by atoms with E-state index in [1.54, 1.807) is 16.8 Å². The first kappa shape index (κ1) is 52.0. The molecule has 3 amide bonds. The molecule has 8 rings (SSSR count). The number of aliphatic hydroxyl groups is 1. The summed E-state index contributed by atoms with van der Waals surface area (Å²) in [6, 6.07) is 15.0. The number of thiazole rings is 1. The molecular formula is C54H67F3N6O7S. The second-order valence-electron chi connectivity index (χ2n) is 21.1. The minimum atomic E-state index is -1.61. The van der Waals surface area contributed by atoms with E-state index in [9.17, 15) is 19.5 Å². The molecule has 1 saturated heterocycles. The number of carbonyl (C=O) groups is 3. The molecule has 3 aliphatic rings. The number of aromatic amines is 1. The Kier molecular flexibility index (Phi) is 15.7. The second-order valence-corrected chi connectivity index (χ2v) is 21.9. The number of halogens is 3. The van der Waals surface area contributed by atoms with Gasteiger partial charge in [-0.1, -0.05) is 63.2 Å².